The van der Waals surface area contributed by atoms with E-state index in [1.807, 2.05) is 12.1 Å². The summed E-state index contributed by atoms with van der Waals surface area (Å²) >= 11 is 0. The minimum atomic E-state index is 0.607. The molecule has 234 valence electrons. The Morgan fingerprint density at radius 3 is 1.14 bits per heavy atom. The van der Waals surface area contributed by atoms with Crippen molar-refractivity contribution in [1.29, 1.82) is 0 Å². The summed E-state index contributed by atoms with van der Waals surface area (Å²) in [5.41, 5.74) is 9.95. The van der Waals surface area contributed by atoms with Crippen LogP contribution in [-0.2, 0) is 0 Å². The smallest absolute Gasteiger partial charge is 0.237 e. The van der Waals surface area contributed by atoms with Gasteiger partial charge in [-0.2, -0.15) is 4.98 Å². The van der Waals surface area contributed by atoms with Gasteiger partial charge in [-0.3, -0.25) is 9.13 Å². The Balaban J connectivity index is 1.31. The van der Waals surface area contributed by atoms with Crippen LogP contribution in [0.1, 0.15) is 0 Å². The molecule has 0 saturated carbocycles. The van der Waals surface area contributed by atoms with Crippen LogP contribution in [0.25, 0.3) is 89.2 Å². The van der Waals surface area contributed by atoms with Crippen LogP contribution in [0.5, 0.6) is 0 Å². The Labute approximate surface area is 288 Å². The lowest BCUT2D eigenvalue weighted by Gasteiger charge is -2.15. The van der Waals surface area contributed by atoms with Crippen LogP contribution in [0.15, 0.2) is 176 Å². The summed E-state index contributed by atoms with van der Waals surface area (Å²) in [7, 11) is 0. The third-order valence-corrected chi connectivity index (χ3v) is 9.55. The van der Waals surface area contributed by atoms with Gasteiger partial charge >= 0.3 is 0 Å². The van der Waals surface area contributed by atoms with Crippen LogP contribution in [0, 0.1) is 0 Å². The maximum Gasteiger partial charge on any atom is 0.237 e. The van der Waals surface area contributed by atoms with Crippen molar-refractivity contribution in [2.24, 2.45) is 0 Å². The highest BCUT2D eigenvalue weighted by molar-refractivity contribution is 6.10. The van der Waals surface area contributed by atoms with Crippen molar-refractivity contribution in [1.82, 2.24) is 24.1 Å². The topological polar surface area (TPSA) is 48.5 Å². The number of hydrogen-bond donors (Lipinski definition) is 0. The van der Waals surface area contributed by atoms with Crippen molar-refractivity contribution < 1.29 is 0 Å². The molecule has 0 unspecified atom stereocenters. The fourth-order valence-electron chi connectivity index (χ4n) is 7.28. The minimum Gasteiger partial charge on any atom is -0.294 e. The molecule has 4 aromatic heterocycles. The summed E-state index contributed by atoms with van der Waals surface area (Å²) in [6, 6.07) is 61.2. The molecule has 0 aliphatic heterocycles. The lowest BCUT2D eigenvalue weighted by Crippen LogP contribution is -2.07. The van der Waals surface area contributed by atoms with E-state index in [-0.39, 0.29) is 0 Å². The maximum absolute atomic E-state index is 5.40. The molecule has 0 atom stereocenters. The van der Waals surface area contributed by atoms with Crippen molar-refractivity contribution >= 4 is 43.6 Å². The fraction of sp³-hybridized carbons (Fsp3) is 0. The Morgan fingerprint density at radius 2 is 0.680 bits per heavy atom. The van der Waals surface area contributed by atoms with Crippen molar-refractivity contribution in [2.75, 3.05) is 0 Å². The quantitative estimate of drug-likeness (QED) is 0.188. The van der Waals surface area contributed by atoms with E-state index in [1.54, 1.807) is 0 Å². The van der Waals surface area contributed by atoms with Crippen LogP contribution in [0.2, 0.25) is 0 Å². The first-order valence-corrected chi connectivity index (χ1v) is 16.8. The second-order valence-electron chi connectivity index (χ2n) is 12.5. The Bertz CT molecular complexity index is 2570. The third-order valence-electron chi connectivity index (χ3n) is 9.55. The number of benzene rings is 6. The lowest BCUT2D eigenvalue weighted by atomic mass is 10.0. The van der Waals surface area contributed by atoms with Gasteiger partial charge in [0, 0.05) is 44.3 Å². The van der Waals surface area contributed by atoms with Crippen molar-refractivity contribution in [2.45, 2.75) is 0 Å². The molecule has 0 saturated heterocycles. The molecule has 0 spiro atoms. The number of pyridine rings is 1. The maximum atomic E-state index is 5.40. The summed E-state index contributed by atoms with van der Waals surface area (Å²) in [5.74, 6) is 1.40. The van der Waals surface area contributed by atoms with Gasteiger partial charge in [-0.1, -0.05) is 133 Å². The number of rotatable bonds is 5. The highest BCUT2D eigenvalue weighted by Gasteiger charge is 2.20. The molecule has 5 heteroatoms. The largest absolute Gasteiger partial charge is 0.294 e. The zero-order valence-electron chi connectivity index (χ0n) is 27.0. The van der Waals surface area contributed by atoms with Gasteiger partial charge < -0.3 is 0 Å². The zero-order chi connectivity index (χ0) is 33.0. The van der Waals surface area contributed by atoms with Gasteiger partial charge in [0.15, 0.2) is 0 Å². The second-order valence-corrected chi connectivity index (χ2v) is 12.5. The monoisotopic (exact) mass is 639 g/mol. The van der Waals surface area contributed by atoms with Crippen LogP contribution in [0.4, 0.5) is 0 Å². The van der Waals surface area contributed by atoms with E-state index in [0.717, 1.165) is 72.4 Å². The van der Waals surface area contributed by atoms with Gasteiger partial charge in [0.1, 0.15) is 5.82 Å². The van der Waals surface area contributed by atoms with Crippen LogP contribution in [0.3, 0.4) is 0 Å². The van der Waals surface area contributed by atoms with Gasteiger partial charge in [0.25, 0.3) is 0 Å². The number of aromatic nitrogens is 5. The summed E-state index contributed by atoms with van der Waals surface area (Å²) in [6.45, 7) is 0. The second kappa shape index (κ2) is 11.4. The van der Waals surface area contributed by atoms with Crippen molar-refractivity contribution in [3.05, 3.63) is 176 Å². The summed E-state index contributed by atoms with van der Waals surface area (Å²) in [4.78, 5) is 16.0. The molecular formula is C45H29N5. The number of para-hydroxylation sites is 4. The lowest BCUT2D eigenvalue weighted by molar-refractivity contribution is 0.952. The molecule has 0 aliphatic rings. The molecule has 0 radical (unpaired) electrons. The molecule has 4 heterocycles. The fourth-order valence-corrected chi connectivity index (χ4v) is 7.28. The average Bonchev–Trinajstić information content (AvgIpc) is 3.71. The number of fused-ring (bicyclic) bond motifs is 6. The Morgan fingerprint density at radius 1 is 0.300 bits per heavy atom. The van der Waals surface area contributed by atoms with E-state index in [1.165, 1.54) is 10.8 Å². The van der Waals surface area contributed by atoms with Crippen LogP contribution >= 0.6 is 0 Å². The van der Waals surface area contributed by atoms with E-state index in [4.69, 9.17) is 15.0 Å². The number of nitrogens with zero attached hydrogens (tertiary/aromatic N) is 5. The highest BCUT2D eigenvalue weighted by Crippen LogP contribution is 2.36. The first-order valence-electron chi connectivity index (χ1n) is 16.8. The predicted octanol–water partition coefficient (Wildman–Crippen LogP) is 11.1. The number of hydrogen-bond acceptors (Lipinski definition) is 3. The minimum absolute atomic E-state index is 0.607. The first kappa shape index (κ1) is 28.2. The third kappa shape index (κ3) is 4.52. The normalized spacial score (nSPS) is 11.6. The summed E-state index contributed by atoms with van der Waals surface area (Å²) in [6.07, 6.45) is 0. The Kier molecular flexibility index (Phi) is 6.42. The standard InChI is InChI=1S/C45H29N5/c1-3-15-30(16-4-1)37-27-32(28-38(46-37)31-17-5-2-6-18-31)39-29-44(49-40-23-11-7-19-33(40)34-20-8-12-24-41(34)49)48-45(47-39)50-42-25-13-9-21-35(42)36-22-10-14-26-43(36)50/h1-29H. The van der Waals surface area contributed by atoms with Crippen LogP contribution < -0.4 is 0 Å². The highest BCUT2D eigenvalue weighted by atomic mass is 15.2. The Hall–Kier alpha value is -6.85. The van der Waals surface area contributed by atoms with Gasteiger partial charge in [-0.15, -0.1) is 0 Å². The molecule has 0 fully saturated rings. The van der Waals surface area contributed by atoms with Gasteiger partial charge in [-0.05, 0) is 36.4 Å². The molecule has 0 aliphatic carbocycles. The van der Waals surface area contributed by atoms with Gasteiger partial charge in [0.2, 0.25) is 5.95 Å². The van der Waals surface area contributed by atoms with Crippen molar-refractivity contribution in [3.63, 3.8) is 0 Å². The molecule has 0 amide bonds. The molecule has 0 bridgehead atoms. The molecule has 5 nitrogen and oxygen atoms in total. The zero-order valence-corrected chi connectivity index (χ0v) is 27.0. The van der Waals surface area contributed by atoms with E-state index >= 15 is 0 Å². The molecular weight excluding hydrogens is 611 g/mol. The SMILES string of the molecule is c1ccc(-c2cc(-c3cc(-n4c5ccccc5c5ccccc54)nc(-n4c5ccccc5c5ccccc54)n3)cc(-c3ccccc3)n2)cc1. The van der Waals surface area contributed by atoms with E-state index in [2.05, 4.69) is 173 Å². The van der Waals surface area contributed by atoms with Gasteiger partial charge in [0.05, 0.1) is 39.1 Å². The molecule has 0 N–H and O–H groups in total. The van der Waals surface area contributed by atoms with Gasteiger partial charge in [-0.25, -0.2) is 9.97 Å². The van der Waals surface area contributed by atoms with Crippen molar-refractivity contribution in [3.8, 4) is 45.5 Å². The van der Waals surface area contributed by atoms with E-state index < -0.39 is 0 Å². The predicted molar refractivity (Wildman–Crippen MR) is 205 cm³/mol. The molecule has 6 aromatic carbocycles. The summed E-state index contributed by atoms with van der Waals surface area (Å²) < 4.78 is 4.47. The molecule has 50 heavy (non-hydrogen) atoms. The molecule has 10 rings (SSSR count). The average molecular weight is 640 g/mol. The molecule has 10 aromatic rings. The first-order chi connectivity index (χ1) is 24.8. The van der Waals surface area contributed by atoms with E-state index in [9.17, 15) is 0 Å². The summed E-state index contributed by atoms with van der Waals surface area (Å²) in [5, 5.41) is 4.70. The van der Waals surface area contributed by atoms with E-state index in [0.29, 0.717) is 5.95 Å². The van der Waals surface area contributed by atoms with Crippen LogP contribution in [-0.4, -0.2) is 24.1 Å².